The molecule has 1 fully saturated rings. The van der Waals surface area contributed by atoms with E-state index in [-0.39, 0.29) is 11.9 Å². The second-order valence-corrected chi connectivity index (χ2v) is 6.57. The number of hydrogen-bond acceptors (Lipinski definition) is 1. The van der Waals surface area contributed by atoms with Gasteiger partial charge in [-0.2, -0.15) is 0 Å². The lowest BCUT2D eigenvalue weighted by molar-refractivity contribution is -0.122. The van der Waals surface area contributed by atoms with E-state index in [1.165, 1.54) is 48.4 Å². The Hall–Kier alpha value is -1.83. The van der Waals surface area contributed by atoms with Gasteiger partial charge in [-0.1, -0.05) is 61.7 Å². The molecule has 2 nitrogen and oxygen atoms in total. The van der Waals surface area contributed by atoms with Crippen molar-refractivity contribution >= 4 is 16.7 Å². The summed E-state index contributed by atoms with van der Waals surface area (Å²) in [6.45, 7) is 2.08. The van der Waals surface area contributed by atoms with Crippen LogP contribution in [0.5, 0.6) is 0 Å². The number of amides is 1. The van der Waals surface area contributed by atoms with E-state index in [0.717, 1.165) is 0 Å². The summed E-state index contributed by atoms with van der Waals surface area (Å²) in [6, 6.07) is 14.7. The first-order valence-electron chi connectivity index (χ1n) is 8.51. The predicted molar refractivity (Wildman–Crippen MR) is 91.7 cm³/mol. The molecule has 3 rings (SSSR count). The highest BCUT2D eigenvalue weighted by atomic mass is 16.1. The summed E-state index contributed by atoms with van der Waals surface area (Å²) in [7, 11) is 0. The second kappa shape index (κ2) is 6.95. The Labute approximate surface area is 132 Å². The number of benzene rings is 2. The molecular formula is C20H25NO. The van der Waals surface area contributed by atoms with E-state index in [2.05, 4.69) is 54.7 Å². The van der Waals surface area contributed by atoms with Crippen LogP contribution in [0.3, 0.4) is 0 Å². The second-order valence-electron chi connectivity index (χ2n) is 6.57. The molecule has 1 aliphatic carbocycles. The molecule has 1 N–H and O–H groups in total. The number of carbonyl (C=O) groups excluding carboxylic acids is 1. The quantitative estimate of drug-likeness (QED) is 0.846. The Morgan fingerprint density at radius 2 is 1.82 bits per heavy atom. The fourth-order valence-corrected chi connectivity index (χ4v) is 3.66. The summed E-state index contributed by atoms with van der Waals surface area (Å²) in [5.41, 5.74) is 1.20. The molecule has 2 heteroatoms. The lowest BCUT2D eigenvalue weighted by Gasteiger charge is -2.22. The molecule has 1 aliphatic rings. The molecule has 1 atom stereocenters. The first-order chi connectivity index (χ1) is 10.7. The van der Waals surface area contributed by atoms with Gasteiger partial charge in [0, 0.05) is 6.42 Å². The molecule has 0 unspecified atom stereocenters. The van der Waals surface area contributed by atoms with Gasteiger partial charge in [0.15, 0.2) is 0 Å². The minimum Gasteiger partial charge on any atom is -0.350 e. The molecule has 0 aliphatic heterocycles. The number of rotatable bonds is 4. The van der Waals surface area contributed by atoms with Gasteiger partial charge in [-0.3, -0.25) is 4.79 Å². The maximum absolute atomic E-state index is 12.3. The third kappa shape index (κ3) is 3.49. The van der Waals surface area contributed by atoms with Crippen LogP contribution in [0.4, 0.5) is 0 Å². The first-order valence-corrected chi connectivity index (χ1v) is 8.51. The van der Waals surface area contributed by atoms with Crippen molar-refractivity contribution in [3.05, 3.63) is 48.0 Å². The van der Waals surface area contributed by atoms with Gasteiger partial charge in [0.1, 0.15) is 0 Å². The van der Waals surface area contributed by atoms with Crippen molar-refractivity contribution in [3.8, 4) is 0 Å². The van der Waals surface area contributed by atoms with Crippen molar-refractivity contribution < 1.29 is 4.79 Å². The van der Waals surface area contributed by atoms with E-state index in [9.17, 15) is 4.79 Å². The predicted octanol–water partition coefficient (Wildman–Crippen LogP) is 4.99. The summed E-state index contributed by atoms with van der Waals surface area (Å²) < 4.78 is 0. The normalized spacial score (nSPS) is 17.3. The van der Waals surface area contributed by atoms with E-state index < -0.39 is 0 Å². The van der Waals surface area contributed by atoms with E-state index >= 15 is 0 Å². The molecule has 0 spiro atoms. The average molecular weight is 295 g/mol. The fourth-order valence-electron chi connectivity index (χ4n) is 3.66. The Bertz CT molecular complexity index is 638. The maximum Gasteiger partial charge on any atom is 0.220 e. The lowest BCUT2D eigenvalue weighted by Crippen LogP contribution is -2.29. The van der Waals surface area contributed by atoms with Crippen LogP contribution in [-0.4, -0.2) is 5.91 Å². The zero-order chi connectivity index (χ0) is 15.4. The van der Waals surface area contributed by atoms with Crippen LogP contribution >= 0.6 is 0 Å². The van der Waals surface area contributed by atoms with Crippen molar-refractivity contribution in [1.82, 2.24) is 5.32 Å². The topological polar surface area (TPSA) is 29.1 Å². The average Bonchev–Trinajstić information content (AvgIpc) is 2.55. The van der Waals surface area contributed by atoms with Crippen molar-refractivity contribution in [3.63, 3.8) is 0 Å². The molecule has 0 bridgehead atoms. The third-order valence-corrected chi connectivity index (χ3v) is 4.87. The van der Waals surface area contributed by atoms with Crippen LogP contribution in [-0.2, 0) is 4.79 Å². The highest BCUT2D eigenvalue weighted by Gasteiger charge is 2.19. The van der Waals surface area contributed by atoms with E-state index in [1.807, 2.05) is 0 Å². The van der Waals surface area contributed by atoms with Gasteiger partial charge >= 0.3 is 0 Å². The van der Waals surface area contributed by atoms with Crippen LogP contribution in [0.25, 0.3) is 10.8 Å². The molecule has 2 aromatic rings. The third-order valence-electron chi connectivity index (χ3n) is 4.87. The van der Waals surface area contributed by atoms with E-state index in [4.69, 9.17) is 0 Å². The van der Waals surface area contributed by atoms with Crippen LogP contribution in [0.2, 0.25) is 0 Å². The molecule has 22 heavy (non-hydrogen) atoms. The van der Waals surface area contributed by atoms with Crippen molar-refractivity contribution in [2.75, 3.05) is 0 Å². The molecule has 2 aromatic carbocycles. The molecule has 116 valence electrons. The van der Waals surface area contributed by atoms with Crippen LogP contribution in [0.1, 0.15) is 57.1 Å². The summed E-state index contributed by atoms with van der Waals surface area (Å²) in [6.07, 6.45) is 7.04. The smallest absolute Gasteiger partial charge is 0.220 e. The first kappa shape index (κ1) is 15.1. The Balaban J connectivity index is 1.67. The lowest BCUT2D eigenvalue weighted by atomic mass is 9.86. The highest BCUT2D eigenvalue weighted by molar-refractivity contribution is 5.86. The van der Waals surface area contributed by atoms with Gasteiger partial charge in [0.05, 0.1) is 6.04 Å². The number of nitrogens with one attached hydrogen (secondary N) is 1. The van der Waals surface area contributed by atoms with Crippen LogP contribution in [0.15, 0.2) is 42.5 Å². The van der Waals surface area contributed by atoms with E-state index in [1.54, 1.807) is 0 Å². The molecule has 0 heterocycles. The van der Waals surface area contributed by atoms with Gasteiger partial charge in [-0.15, -0.1) is 0 Å². The highest BCUT2D eigenvalue weighted by Crippen LogP contribution is 2.27. The Kier molecular flexibility index (Phi) is 4.77. The number of carbonyl (C=O) groups is 1. The Morgan fingerprint density at radius 1 is 1.09 bits per heavy atom. The standard InChI is InChI=1S/C20H25NO/c1-15(21-20(22)14-16-8-3-2-4-9-16)18-13-7-11-17-10-5-6-12-19(17)18/h5-7,10-13,15-16H,2-4,8-9,14H2,1H3,(H,21,22)/t15-/m1/s1. The van der Waals surface area contributed by atoms with Crippen molar-refractivity contribution in [2.24, 2.45) is 5.92 Å². The molecular weight excluding hydrogens is 270 g/mol. The molecule has 1 amide bonds. The van der Waals surface area contributed by atoms with Gasteiger partial charge in [0.2, 0.25) is 5.91 Å². The minimum absolute atomic E-state index is 0.0576. The van der Waals surface area contributed by atoms with Gasteiger partial charge in [-0.05, 0) is 42.0 Å². The molecule has 0 saturated heterocycles. The summed E-state index contributed by atoms with van der Waals surface area (Å²) in [4.78, 5) is 12.3. The van der Waals surface area contributed by atoms with Crippen molar-refractivity contribution in [1.29, 1.82) is 0 Å². The van der Waals surface area contributed by atoms with Gasteiger partial charge in [-0.25, -0.2) is 0 Å². The maximum atomic E-state index is 12.3. The SMILES string of the molecule is C[C@@H](NC(=O)CC1CCCCC1)c1cccc2ccccc12. The van der Waals surface area contributed by atoms with Gasteiger partial charge < -0.3 is 5.32 Å². The summed E-state index contributed by atoms with van der Waals surface area (Å²) in [5.74, 6) is 0.792. The summed E-state index contributed by atoms with van der Waals surface area (Å²) >= 11 is 0. The molecule has 0 radical (unpaired) electrons. The van der Waals surface area contributed by atoms with Crippen molar-refractivity contribution in [2.45, 2.75) is 51.5 Å². The largest absolute Gasteiger partial charge is 0.350 e. The van der Waals surface area contributed by atoms with Crippen LogP contribution < -0.4 is 5.32 Å². The molecule has 0 aromatic heterocycles. The number of hydrogen-bond donors (Lipinski definition) is 1. The van der Waals surface area contributed by atoms with E-state index in [0.29, 0.717) is 12.3 Å². The fraction of sp³-hybridized carbons (Fsp3) is 0.450. The summed E-state index contributed by atoms with van der Waals surface area (Å²) in [5, 5.41) is 5.66. The monoisotopic (exact) mass is 295 g/mol. The zero-order valence-electron chi connectivity index (χ0n) is 13.3. The Morgan fingerprint density at radius 3 is 2.64 bits per heavy atom. The molecule has 1 saturated carbocycles. The van der Waals surface area contributed by atoms with Crippen LogP contribution in [0, 0.1) is 5.92 Å². The number of fused-ring (bicyclic) bond motifs is 1. The van der Waals surface area contributed by atoms with Gasteiger partial charge in [0.25, 0.3) is 0 Å². The zero-order valence-corrected chi connectivity index (χ0v) is 13.3. The minimum atomic E-state index is 0.0576.